The number of halogens is 2. The van der Waals surface area contributed by atoms with E-state index >= 15 is 0 Å². The van der Waals surface area contributed by atoms with Crippen LogP contribution >= 0.6 is 15.9 Å². The standard InChI is InChI=1S/C11H9BrFN3O2S/c1-7-5-10(15-6-8(7)12)16-19(17,18)11-9(13)3-2-4-14-11/h2-6H,1H3,(H,15,16). The minimum atomic E-state index is -4.09. The number of anilines is 1. The topological polar surface area (TPSA) is 72.0 Å². The molecular weight excluding hydrogens is 337 g/mol. The van der Waals surface area contributed by atoms with Crippen molar-refractivity contribution in [1.29, 1.82) is 0 Å². The highest BCUT2D eigenvalue weighted by atomic mass is 79.9. The number of pyridine rings is 2. The van der Waals surface area contributed by atoms with E-state index in [0.29, 0.717) is 0 Å². The molecule has 2 aromatic heterocycles. The van der Waals surface area contributed by atoms with Gasteiger partial charge in [-0.1, -0.05) is 0 Å². The van der Waals surface area contributed by atoms with Crippen LogP contribution in [0.1, 0.15) is 5.56 Å². The zero-order chi connectivity index (χ0) is 14.0. The molecule has 5 nitrogen and oxygen atoms in total. The van der Waals surface area contributed by atoms with Crippen LogP contribution < -0.4 is 4.72 Å². The molecule has 0 saturated carbocycles. The summed E-state index contributed by atoms with van der Waals surface area (Å²) in [4.78, 5) is 7.42. The van der Waals surface area contributed by atoms with E-state index in [1.807, 2.05) is 0 Å². The molecule has 19 heavy (non-hydrogen) atoms. The van der Waals surface area contributed by atoms with Crippen molar-refractivity contribution in [3.05, 3.63) is 46.4 Å². The molecule has 8 heteroatoms. The number of sulfonamides is 1. The molecule has 2 aromatic rings. The maximum atomic E-state index is 13.4. The van der Waals surface area contributed by atoms with E-state index in [1.54, 1.807) is 6.92 Å². The van der Waals surface area contributed by atoms with Gasteiger partial charge in [0.25, 0.3) is 10.0 Å². The third-order valence-corrected chi connectivity index (χ3v) is 4.38. The largest absolute Gasteiger partial charge is 0.283 e. The lowest BCUT2D eigenvalue weighted by Crippen LogP contribution is -2.17. The molecule has 0 unspecified atom stereocenters. The maximum absolute atomic E-state index is 13.4. The molecule has 0 aliphatic rings. The number of hydrogen-bond donors (Lipinski definition) is 1. The van der Waals surface area contributed by atoms with Gasteiger partial charge in [0.1, 0.15) is 5.82 Å². The third kappa shape index (κ3) is 3.07. The van der Waals surface area contributed by atoms with Crippen LogP contribution in [-0.4, -0.2) is 18.4 Å². The summed E-state index contributed by atoms with van der Waals surface area (Å²) in [6.45, 7) is 1.78. The SMILES string of the molecule is Cc1cc(NS(=O)(=O)c2ncccc2F)ncc1Br. The van der Waals surface area contributed by atoms with Gasteiger partial charge in [0.05, 0.1) is 0 Å². The first-order valence-electron chi connectivity index (χ1n) is 5.15. The van der Waals surface area contributed by atoms with Crippen molar-refractivity contribution in [2.24, 2.45) is 0 Å². The quantitative estimate of drug-likeness (QED) is 0.927. The molecule has 0 saturated heterocycles. The van der Waals surface area contributed by atoms with Crippen molar-refractivity contribution in [3.63, 3.8) is 0 Å². The van der Waals surface area contributed by atoms with Crippen LogP contribution in [0.3, 0.4) is 0 Å². The van der Waals surface area contributed by atoms with Gasteiger partial charge in [-0.15, -0.1) is 0 Å². The molecule has 2 rings (SSSR count). The number of nitrogens with zero attached hydrogens (tertiary/aromatic N) is 2. The summed E-state index contributed by atoms with van der Waals surface area (Å²) in [5, 5.41) is -0.655. The van der Waals surface area contributed by atoms with Gasteiger partial charge < -0.3 is 0 Å². The molecule has 0 fully saturated rings. The van der Waals surface area contributed by atoms with Gasteiger partial charge in [0.2, 0.25) is 5.03 Å². The Kier molecular flexibility index (Phi) is 3.81. The fraction of sp³-hybridized carbons (Fsp3) is 0.0909. The highest BCUT2D eigenvalue weighted by molar-refractivity contribution is 9.10. The predicted octanol–water partition coefficient (Wildman–Crippen LogP) is 2.49. The van der Waals surface area contributed by atoms with Crippen molar-refractivity contribution < 1.29 is 12.8 Å². The average Bonchev–Trinajstić information content (AvgIpc) is 2.34. The van der Waals surface area contributed by atoms with Gasteiger partial charge >= 0.3 is 0 Å². The number of rotatable bonds is 3. The number of aryl methyl sites for hydroxylation is 1. The summed E-state index contributed by atoms with van der Waals surface area (Å²) < 4.78 is 40.3. The molecule has 100 valence electrons. The molecule has 0 spiro atoms. The van der Waals surface area contributed by atoms with E-state index in [0.717, 1.165) is 16.1 Å². The zero-order valence-electron chi connectivity index (χ0n) is 9.76. The second kappa shape index (κ2) is 5.22. The summed E-state index contributed by atoms with van der Waals surface area (Å²) >= 11 is 3.25. The normalized spacial score (nSPS) is 11.3. The lowest BCUT2D eigenvalue weighted by atomic mass is 10.3. The number of aromatic nitrogens is 2. The smallest absolute Gasteiger partial charge is 0.262 e. The molecular formula is C11H9BrFN3O2S. The van der Waals surface area contributed by atoms with Crippen LogP contribution in [0.25, 0.3) is 0 Å². The summed E-state index contributed by atoms with van der Waals surface area (Å²) in [6, 6.07) is 3.88. The van der Waals surface area contributed by atoms with E-state index in [-0.39, 0.29) is 5.82 Å². The molecule has 2 heterocycles. The van der Waals surface area contributed by atoms with E-state index in [4.69, 9.17) is 0 Å². The Bertz CT molecular complexity index is 722. The molecule has 0 atom stereocenters. The molecule has 0 amide bonds. The Labute approximate surface area is 118 Å². The van der Waals surface area contributed by atoms with E-state index < -0.39 is 20.9 Å². The summed E-state index contributed by atoms with van der Waals surface area (Å²) in [5.74, 6) is -0.811. The van der Waals surface area contributed by atoms with Crippen molar-refractivity contribution >= 4 is 31.8 Å². The van der Waals surface area contributed by atoms with Crippen LogP contribution in [0.4, 0.5) is 10.2 Å². The first kappa shape index (κ1) is 13.9. The van der Waals surface area contributed by atoms with Crippen molar-refractivity contribution in [2.45, 2.75) is 11.9 Å². The van der Waals surface area contributed by atoms with Crippen LogP contribution in [0, 0.1) is 12.7 Å². The second-order valence-electron chi connectivity index (χ2n) is 3.71. The molecule has 0 aliphatic heterocycles. The molecule has 1 N–H and O–H groups in total. The Balaban J connectivity index is 2.37. The zero-order valence-corrected chi connectivity index (χ0v) is 12.2. The molecule has 0 aliphatic carbocycles. The molecule has 0 aromatic carbocycles. The molecule has 0 radical (unpaired) electrons. The average molecular weight is 346 g/mol. The van der Waals surface area contributed by atoms with Crippen molar-refractivity contribution in [1.82, 2.24) is 9.97 Å². The van der Waals surface area contributed by atoms with Crippen LogP contribution in [-0.2, 0) is 10.0 Å². The highest BCUT2D eigenvalue weighted by Crippen LogP contribution is 2.20. The predicted molar refractivity (Wildman–Crippen MR) is 71.7 cm³/mol. The van der Waals surface area contributed by atoms with Gasteiger partial charge in [0.15, 0.2) is 5.82 Å². The Morgan fingerprint density at radius 2 is 2.11 bits per heavy atom. The molecule has 0 bridgehead atoms. The fourth-order valence-corrected chi connectivity index (χ4v) is 2.57. The van der Waals surface area contributed by atoms with Gasteiger partial charge in [-0.3, -0.25) is 4.72 Å². The lowest BCUT2D eigenvalue weighted by molar-refractivity contribution is 0.556. The van der Waals surface area contributed by atoms with E-state index in [2.05, 4.69) is 30.6 Å². The van der Waals surface area contributed by atoms with Gasteiger partial charge in [-0.05, 0) is 46.6 Å². The Hall–Kier alpha value is -1.54. The Morgan fingerprint density at radius 1 is 1.37 bits per heavy atom. The summed E-state index contributed by atoms with van der Waals surface area (Å²) in [6.07, 6.45) is 2.67. The number of nitrogens with one attached hydrogen (secondary N) is 1. The first-order chi connectivity index (χ1) is 8.90. The van der Waals surface area contributed by atoms with E-state index in [9.17, 15) is 12.8 Å². The highest BCUT2D eigenvalue weighted by Gasteiger charge is 2.21. The third-order valence-electron chi connectivity index (χ3n) is 2.27. The number of hydrogen-bond acceptors (Lipinski definition) is 4. The maximum Gasteiger partial charge on any atom is 0.283 e. The minimum absolute atomic E-state index is 0.103. The van der Waals surface area contributed by atoms with Crippen molar-refractivity contribution in [3.8, 4) is 0 Å². The lowest BCUT2D eigenvalue weighted by Gasteiger charge is -2.08. The second-order valence-corrected chi connectivity index (χ2v) is 6.17. The summed E-state index contributed by atoms with van der Waals surface area (Å²) in [7, 11) is -4.09. The fourth-order valence-electron chi connectivity index (χ4n) is 1.35. The van der Waals surface area contributed by atoms with Gasteiger partial charge in [0, 0.05) is 16.9 Å². The van der Waals surface area contributed by atoms with Crippen LogP contribution in [0.15, 0.2) is 40.1 Å². The van der Waals surface area contributed by atoms with Gasteiger partial charge in [-0.2, -0.15) is 8.42 Å². The first-order valence-corrected chi connectivity index (χ1v) is 7.43. The summed E-state index contributed by atoms with van der Waals surface area (Å²) in [5.41, 5.74) is 0.800. The minimum Gasteiger partial charge on any atom is -0.262 e. The Morgan fingerprint density at radius 3 is 2.74 bits per heavy atom. The van der Waals surface area contributed by atoms with Gasteiger partial charge in [-0.25, -0.2) is 14.4 Å². The monoisotopic (exact) mass is 345 g/mol. The van der Waals surface area contributed by atoms with Crippen LogP contribution in [0.5, 0.6) is 0 Å². The van der Waals surface area contributed by atoms with E-state index in [1.165, 1.54) is 24.5 Å². The van der Waals surface area contributed by atoms with Crippen molar-refractivity contribution in [2.75, 3.05) is 4.72 Å². The van der Waals surface area contributed by atoms with Crippen LogP contribution in [0.2, 0.25) is 0 Å².